The van der Waals surface area contributed by atoms with Gasteiger partial charge in [0.05, 0.1) is 11.6 Å². The van der Waals surface area contributed by atoms with Crippen molar-refractivity contribution in [2.24, 2.45) is 0 Å². The van der Waals surface area contributed by atoms with Crippen LogP contribution in [0.1, 0.15) is 45.2 Å². The molecule has 1 aliphatic heterocycles. The van der Waals surface area contributed by atoms with Crippen LogP contribution in [-0.4, -0.2) is 34.3 Å². The Morgan fingerprint density at radius 2 is 1.67 bits per heavy atom. The average molecular weight is 373 g/mol. The summed E-state index contributed by atoms with van der Waals surface area (Å²) in [6, 6.07) is 18.0. The highest BCUT2D eigenvalue weighted by molar-refractivity contribution is 5.69. The standard InChI is InChI=1S/C16H22FNO3.C6H6/c1-11(12-4-6-13(17)7-5-12)18-9-8-14(21-15(18)19)10-16(2,3)20;1-2-4-6-5-3-1/h4-7,11,14,20H,8-10H2,1-3H3;1-6H. The molecule has 0 aliphatic carbocycles. The number of ether oxygens (including phenoxy) is 1. The van der Waals surface area contributed by atoms with E-state index in [1.807, 2.05) is 43.3 Å². The van der Waals surface area contributed by atoms with E-state index in [4.69, 9.17) is 4.74 Å². The Hall–Kier alpha value is -2.40. The molecular weight excluding hydrogens is 345 g/mol. The molecule has 1 N–H and O–H groups in total. The molecule has 0 bridgehead atoms. The first kappa shape index (κ1) is 20.9. The van der Waals surface area contributed by atoms with E-state index in [-0.39, 0.29) is 24.1 Å². The van der Waals surface area contributed by atoms with Gasteiger partial charge >= 0.3 is 6.09 Å². The van der Waals surface area contributed by atoms with Gasteiger partial charge < -0.3 is 14.7 Å². The van der Waals surface area contributed by atoms with E-state index in [2.05, 4.69) is 0 Å². The molecule has 2 unspecified atom stereocenters. The van der Waals surface area contributed by atoms with E-state index in [1.54, 1.807) is 30.9 Å². The highest BCUT2D eigenvalue weighted by atomic mass is 19.1. The number of amides is 1. The number of cyclic esters (lactones) is 1. The van der Waals surface area contributed by atoms with Crippen LogP contribution in [0.4, 0.5) is 9.18 Å². The van der Waals surface area contributed by atoms with E-state index < -0.39 is 5.60 Å². The van der Waals surface area contributed by atoms with Crippen LogP contribution in [-0.2, 0) is 4.74 Å². The molecule has 3 rings (SSSR count). The summed E-state index contributed by atoms with van der Waals surface area (Å²) in [4.78, 5) is 13.8. The fourth-order valence-corrected chi connectivity index (χ4v) is 3.00. The smallest absolute Gasteiger partial charge is 0.410 e. The topological polar surface area (TPSA) is 49.8 Å². The summed E-state index contributed by atoms with van der Waals surface area (Å²) >= 11 is 0. The Labute approximate surface area is 160 Å². The number of carbonyl (C=O) groups excluding carboxylic acids is 1. The van der Waals surface area contributed by atoms with Crippen molar-refractivity contribution < 1.29 is 19.0 Å². The molecule has 2 aromatic carbocycles. The third-order valence-electron chi connectivity index (χ3n) is 4.41. The number of benzene rings is 2. The SMILES string of the molecule is CC(c1ccc(F)cc1)N1CCC(CC(C)(C)O)OC1=O.c1ccccc1. The number of rotatable bonds is 4. The minimum atomic E-state index is -0.851. The lowest BCUT2D eigenvalue weighted by Crippen LogP contribution is -2.45. The molecule has 1 heterocycles. The second kappa shape index (κ2) is 9.51. The summed E-state index contributed by atoms with van der Waals surface area (Å²) < 4.78 is 18.3. The number of nitrogens with zero attached hydrogens (tertiary/aromatic N) is 1. The van der Waals surface area contributed by atoms with E-state index in [9.17, 15) is 14.3 Å². The van der Waals surface area contributed by atoms with Gasteiger partial charge in [-0.05, 0) is 38.5 Å². The quantitative estimate of drug-likeness (QED) is 0.825. The molecule has 1 aliphatic rings. The van der Waals surface area contributed by atoms with Crippen molar-refractivity contribution in [3.05, 3.63) is 72.0 Å². The molecule has 1 fully saturated rings. The largest absolute Gasteiger partial charge is 0.446 e. The first-order valence-corrected chi connectivity index (χ1v) is 9.21. The predicted octanol–water partition coefficient (Wildman–Crippen LogP) is 4.95. The number of hydrogen-bond donors (Lipinski definition) is 1. The Morgan fingerprint density at radius 3 is 2.11 bits per heavy atom. The van der Waals surface area contributed by atoms with Crippen molar-refractivity contribution in [2.45, 2.75) is 51.4 Å². The van der Waals surface area contributed by atoms with Gasteiger partial charge in [0.25, 0.3) is 0 Å². The molecule has 0 saturated carbocycles. The summed E-state index contributed by atoms with van der Waals surface area (Å²) in [5.41, 5.74) is 0.0182. The minimum Gasteiger partial charge on any atom is -0.446 e. The van der Waals surface area contributed by atoms with Crippen molar-refractivity contribution in [3.8, 4) is 0 Å². The van der Waals surface area contributed by atoms with E-state index in [0.29, 0.717) is 19.4 Å². The van der Waals surface area contributed by atoms with Crippen molar-refractivity contribution in [2.75, 3.05) is 6.54 Å². The lowest BCUT2D eigenvalue weighted by molar-refractivity contribution is -0.0309. The van der Waals surface area contributed by atoms with Gasteiger partial charge in [-0.1, -0.05) is 48.5 Å². The van der Waals surface area contributed by atoms with Gasteiger partial charge in [-0.3, -0.25) is 0 Å². The Morgan fingerprint density at radius 1 is 1.15 bits per heavy atom. The molecule has 0 aromatic heterocycles. The number of carbonyl (C=O) groups is 1. The van der Waals surface area contributed by atoms with Crippen LogP contribution in [0.25, 0.3) is 0 Å². The molecule has 5 heteroatoms. The van der Waals surface area contributed by atoms with Crippen LogP contribution >= 0.6 is 0 Å². The van der Waals surface area contributed by atoms with Crippen LogP contribution in [0.15, 0.2) is 60.7 Å². The van der Waals surface area contributed by atoms with Gasteiger partial charge in [0, 0.05) is 19.4 Å². The molecule has 146 valence electrons. The van der Waals surface area contributed by atoms with Crippen molar-refractivity contribution >= 4 is 6.09 Å². The lowest BCUT2D eigenvalue weighted by Gasteiger charge is -2.37. The normalized spacial score (nSPS) is 18.2. The van der Waals surface area contributed by atoms with Crippen LogP contribution < -0.4 is 0 Å². The van der Waals surface area contributed by atoms with Crippen molar-refractivity contribution in [1.82, 2.24) is 4.90 Å². The number of aliphatic hydroxyl groups is 1. The van der Waals surface area contributed by atoms with Crippen molar-refractivity contribution in [1.29, 1.82) is 0 Å². The van der Waals surface area contributed by atoms with Crippen LogP contribution in [0.3, 0.4) is 0 Å². The zero-order chi connectivity index (χ0) is 19.9. The molecule has 0 radical (unpaired) electrons. The maximum atomic E-state index is 12.9. The summed E-state index contributed by atoms with van der Waals surface area (Å²) in [5.74, 6) is -0.294. The molecule has 0 spiro atoms. The van der Waals surface area contributed by atoms with E-state index in [0.717, 1.165) is 5.56 Å². The van der Waals surface area contributed by atoms with Crippen LogP contribution in [0.2, 0.25) is 0 Å². The molecule has 1 amide bonds. The molecular formula is C22H28FNO3. The zero-order valence-corrected chi connectivity index (χ0v) is 16.1. The van der Waals surface area contributed by atoms with E-state index in [1.165, 1.54) is 12.1 Å². The average Bonchev–Trinajstić information content (AvgIpc) is 2.62. The molecule has 27 heavy (non-hydrogen) atoms. The Bertz CT molecular complexity index is 671. The first-order valence-electron chi connectivity index (χ1n) is 9.21. The third kappa shape index (κ3) is 7.02. The maximum Gasteiger partial charge on any atom is 0.410 e. The summed E-state index contributed by atoms with van der Waals surface area (Å²) in [5, 5.41) is 9.79. The van der Waals surface area contributed by atoms with Gasteiger partial charge in [0.15, 0.2) is 0 Å². The molecule has 2 aromatic rings. The lowest BCUT2D eigenvalue weighted by atomic mass is 9.97. The van der Waals surface area contributed by atoms with E-state index >= 15 is 0 Å². The van der Waals surface area contributed by atoms with Gasteiger partial charge in [-0.2, -0.15) is 0 Å². The van der Waals surface area contributed by atoms with Crippen LogP contribution in [0, 0.1) is 5.82 Å². The highest BCUT2D eigenvalue weighted by Crippen LogP contribution is 2.27. The fraction of sp³-hybridized carbons (Fsp3) is 0.409. The fourth-order valence-electron chi connectivity index (χ4n) is 3.00. The van der Waals surface area contributed by atoms with Crippen LogP contribution in [0.5, 0.6) is 0 Å². The molecule has 2 atom stereocenters. The number of halogens is 1. The Balaban J connectivity index is 0.000000369. The molecule has 1 saturated heterocycles. The van der Waals surface area contributed by atoms with Gasteiger partial charge in [0.2, 0.25) is 0 Å². The second-order valence-electron chi connectivity index (χ2n) is 7.39. The Kier molecular flexibility index (Phi) is 7.36. The predicted molar refractivity (Wildman–Crippen MR) is 104 cm³/mol. The summed E-state index contributed by atoms with van der Waals surface area (Å²) in [6.07, 6.45) is 0.472. The van der Waals surface area contributed by atoms with Gasteiger partial charge in [-0.15, -0.1) is 0 Å². The first-order chi connectivity index (χ1) is 12.8. The van der Waals surface area contributed by atoms with Crippen molar-refractivity contribution in [3.63, 3.8) is 0 Å². The molecule has 4 nitrogen and oxygen atoms in total. The number of hydrogen-bond acceptors (Lipinski definition) is 3. The third-order valence-corrected chi connectivity index (χ3v) is 4.41. The van der Waals surface area contributed by atoms with Gasteiger partial charge in [-0.25, -0.2) is 9.18 Å². The highest BCUT2D eigenvalue weighted by Gasteiger charge is 2.33. The zero-order valence-electron chi connectivity index (χ0n) is 16.1. The van der Waals surface area contributed by atoms with Gasteiger partial charge in [0.1, 0.15) is 11.9 Å². The second-order valence-corrected chi connectivity index (χ2v) is 7.39. The summed E-state index contributed by atoms with van der Waals surface area (Å²) in [6.45, 7) is 5.87. The minimum absolute atomic E-state index is 0.166. The summed E-state index contributed by atoms with van der Waals surface area (Å²) in [7, 11) is 0. The maximum absolute atomic E-state index is 12.9. The monoisotopic (exact) mass is 373 g/mol.